The van der Waals surface area contributed by atoms with E-state index in [4.69, 9.17) is 0 Å². The molecule has 5 atom stereocenters. The molecule has 5 unspecified atom stereocenters. The molecule has 3 saturated heterocycles. The lowest BCUT2D eigenvalue weighted by Gasteiger charge is -2.52. The van der Waals surface area contributed by atoms with E-state index in [1.807, 2.05) is 6.92 Å². The van der Waals surface area contributed by atoms with E-state index < -0.39 is 0 Å². The maximum atomic E-state index is 12.3. The SMILES string of the molecule is CCC(=O)N1CCC2C(C1)NC(C1CCCCC1)NC2C1CCN(C)N1. The minimum absolute atomic E-state index is 0.313. The minimum Gasteiger partial charge on any atom is -0.341 e. The largest absolute Gasteiger partial charge is 0.341 e. The quantitative estimate of drug-likeness (QED) is 0.705. The molecule has 1 amide bonds. The molecule has 0 radical (unpaired) electrons. The fraction of sp³-hybridized carbons (Fsp3) is 0.950. The second-order valence-electron chi connectivity index (χ2n) is 8.93. The van der Waals surface area contributed by atoms with Crippen LogP contribution < -0.4 is 16.1 Å². The Morgan fingerprint density at radius 2 is 1.81 bits per heavy atom. The summed E-state index contributed by atoms with van der Waals surface area (Å²) in [5.41, 5.74) is 3.69. The Hall–Kier alpha value is -0.690. The van der Waals surface area contributed by atoms with Crippen molar-refractivity contribution in [2.45, 2.75) is 82.6 Å². The van der Waals surface area contributed by atoms with Crippen LogP contribution in [0.3, 0.4) is 0 Å². The van der Waals surface area contributed by atoms with E-state index in [2.05, 4.69) is 33.0 Å². The van der Waals surface area contributed by atoms with E-state index in [-0.39, 0.29) is 0 Å². The Morgan fingerprint density at radius 3 is 2.50 bits per heavy atom. The molecule has 1 aliphatic carbocycles. The van der Waals surface area contributed by atoms with Crippen molar-refractivity contribution in [3.63, 3.8) is 0 Å². The Morgan fingerprint density at radius 1 is 1.00 bits per heavy atom. The summed E-state index contributed by atoms with van der Waals surface area (Å²) >= 11 is 0. The summed E-state index contributed by atoms with van der Waals surface area (Å²) in [6, 6.07) is 1.47. The zero-order valence-electron chi connectivity index (χ0n) is 16.5. The van der Waals surface area contributed by atoms with Gasteiger partial charge in [0.15, 0.2) is 0 Å². The summed E-state index contributed by atoms with van der Waals surface area (Å²) in [6.07, 6.45) is 10.2. The molecule has 3 aliphatic heterocycles. The average molecular weight is 364 g/mol. The molecule has 6 heteroatoms. The Labute approximate surface area is 158 Å². The third-order valence-corrected chi connectivity index (χ3v) is 7.26. The number of carbonyl (C=O) groups is 1. The molecule has 4 fully saturated rings. The summed E-state index contributed by atoms with van der Waals surface area (Å²) in [5.74, 6) is 1.66. The Balaban J connectivity index is 1.50. The van der Waals surface area contributed by atoms with Gasteiger partial charge in [-0.15, -0.1) is 0 Å². The highest BCUT2D eigenvalue weighted by atomic mass is 16.2. The molecule has 0 spiro atoms. The van der Waals surface area contributed by atoms with Crippen LogP contribution in [0.4, 0.5) is 0 Å². The maximum Gasteiger partial charge on any atom is 0.222 e. The molecule has 148 valence electrons. The van der Waals surface area contributed by atoms with Gasteiger partial charge in [0, 0.05) is 51.2 Å². The number of carbonyl (C=O) groups excluding carboxylic acids is 1. The number of amides is 1. The van der Waals surface area contributed by atoms with Crippen molar-refractivity contribution in [3.8, 4) is 0 Å². The molecule has 4 rings (SSSR count). The highest BCUT2D eigenvalue weighted by molar-refractivity contribution is 5.76. The lowest BCUT2D eigenvalue weighted by molar-refractivity contribution is -0.133. The van der Waals surface area contributed by atoms with E-state index in [1.165, 1.54) is 38.5 Å². The number of fused-ring (bicyclic) bond motifs is 1. The number of likely N-dealkylation sites (tertiary alicyclic amines) is 1. The van der Waals surface area contributed by atoms with Crippen molar-refractivity contribution in [2.75, 3.05) is 26.7 Å². The Kier molecular flexibility index (Phi) is 5.84. The van der Waals surface area contributed by atoms with Gasteiger partial charge in [0.25, 0.3) is 0 Å². The van der Waals surface area contributed by atoms with Crippen molar-refractivity contribution in [2.24, 2.45) is 11.8 Å². The number of piperidine rings is 1. The van der Waals surface area contributed by atoms with Gasteiger partial charge in [-0.2, -0.15) is 0 Å². The summed E-state index contributed by atoms with van der Waals surface area (Å²) in [7, 11) is 2.15. The van der Waals surface area contributed by atoms with E-state index >= 15 is 0 Å². The fourth-order valence-electron chi connectivity index (χ4n) is 5.80. The molecule has 0 aromatic rings. The summed E-state index contributed by atoms with van der Waals surface area (Å²) in [5, 5.41) is 10.2. The predicted molar refractivity (Wildman–Crippen MR) is 103 cm³/mol. The van der Waals surface area contributed by atoms with Gasteiger partial charge >= 0.3 is 0 Å². The normalized spacial score (nSPS) is 39.8. The third-order valence-electron chi connectivity index (χ3n) is 7.26. The van der Waals surface area contributed by atoms with Gasteiger partial charge in [-0.25, -0.2) is 5.01 Å². The number of hydrazine groups is 1. The maximum absolute atomic E-state index is 12.3. The average Bonchev–Trinajstić information content (AvgIpc) is 3.12. The molecule has 26 heavy (non-hydrogen) atoms. The topological polar surface area (TPSA) is 59.6 Å². The molecule has 0 aromatic carbocycles. The van der Waals surface area contributed by atoms with Crippen LogP contribution in [0.2, 0.25) is 0 Å². The van der Waals surface area contributed by atoms with Crippen molar-refractivity contribution in [1.29, 1.82) is 0 Å². The van der Waals surface area contributed by atoms with Gasteiger partial charge in [0.2, 0.25) is 5.91 Å². The van der Waals surface area contributed by atoms with Crippen LogP contribution in [-0.2, 0) is 4.79 Å². The molecule has 1 saturated carbocycles. The van der Waals surface area contributed by atoms with E-state index in [0.29, 0.717) is 42.5 Å². The van der Waals surface area contributed by atoms with Crippen LogP contribution >= 0.6 is 0 Å². The number of rotatable bonds is 3. The van der Waals surface area contributed by atoms with Crippen LogP contribution in [-0.4, -0.2) is 66.8 Å². The summed E-state index contributed by atoms with van der Waals surface area (Å²) in [6.45, 7) is 4.92. The second kappa shape index (κ2) is 8.13. The summed E-state index contributed by atoms with van der Waals surface area (Å²) in [4.78, 5) is 14.4. The van der Waals surface area contributed by atoms with Gasteiger partial charge in [0.05, 0.1) is 6.17 Å². The molecule has 3 heterocycles. The first-order chi connectivity index (χ1) is 12.7. The van der Waals surface area contributed by atoms with Crippen LogP contribution in [0.25, 0.3) is 0 Å². The van der Waals surface area contributed by atoms with Crippen molar-refractivity contribution in [3.05, 3.63) is 0 Å². The number of nitrogens with one attached hydrogen (secondary N) is 3. The smallest absolute Gasteiger partial charge is 0.222 e. The minimum atomic E-state index is 0.313. The lowest BCUT2D eigenvalue weighted by atomic mass is 9.76. The van der Waals surface area contributed by atoms with Crippen LogP contribution in [0, 0.1) is 11.8 Å². The molecule has 0 aromatic heterocycles. The first-order valence-electron chi connectivity index (χ1n) is 10.9. The zero-order chi connectivity index (χ0) is 18.1. The first-order valence-corrected chi connectivity index (χ1v) is 10.9. The van der Waals surface area contributed by atoms with Gasteiger partial charge < -0.3 is 4.90 Å². The third kappa shape index (κ3) is 3.79. The molecule has 0 bridgehead atoms. The van der Waals surface area contributed by atoms with Crippen LogP contribution in [0.1, 0.15) is 58.3 Å². The van der Waals surface area contributed by atoms with Gasteiger partial charge in [-0.1, -0.05) is 26.2 Å². The lowest BCUT2D eigenvalue weighted by Crippen LogP contribution is -2.72. The molecular weight excluding hydrogens is 326 g/mol. The highest BCUT2D eigenvalue weighted by Crippen LogP contribution is 2.33. The molecule has 6 nitrogen and oxygen atoms in total. The van der Waals surface area contributed by atoms with Crippen LogP contribution in [0.5, 0.6) is 0 Å². The van der Waals surface area contributed by atoms with Crippen molar-refractivity contribution >= 4 is 5.91 Å². The summed E-state index contributed by atoms with van der Waals surface area (Å²) < 4.78 is 0. The fourth-order valence-corrected chi connectivity index (χ4v) is 5.80. The van der Waals surface area contributed by atoms with Crippen molar-refractivity contribution in [1.82, 2.24) is 26.0 Å². The zero-order valence-corrected chi connectivity index (χ0v) is 16.5. The van der Waals surface area contributed by atoms with Crippen LogP contribution in [0.15, 0.2) is 0 Å². The number of hydrogen-bond acceptors (Lipinski definition) is 5. The standard InChI is InChI=1S/C20H37N5O/c1-3-18(26)25-12-9-15-17(13-25)21-20(14-7-5-4-6-8-14)22-19(15)16-10-11-24(2)23-16/h14-17,19-23H,3-13H2,1-2H3. The number of hydrogen-bond donors (Lipinski definition) is 3. The van der Waals surface area contributed by atoms with E-state index in [0.717, 1.165) is 32.0 Å². The highest BCUT2D eigenvalue weighted by Gasteiger charge is 2.46. The van der Waals surface area contributed by atoms with E-state index in [1.54, 1.807) is 0 Å². The first kappa shape index (κ1) is 18.7. The molecule has 4 aliphatic rings. The molecule has 3 N–H and O–H groups in total. The predicted octanol–water partition coefficient (Wildman–Crippen LogP) is 1.29. The second-order valence-corrected chi connectivity index (χ2v) is 8.93. The van der Waals surface area contributed by atoms with E-state index in [9.17, 15) is 4.79 Å². The van der Waals surface area contributed by atoms with Gasteiger partial charge in [-0.3, -0.25) is 20.9 Å². The monoisotopic (exact) mass is 363 g/mol. The van der Waals surface area contributed by atoms with Gasteiger partial charge in [-0.05, 0) is 37.5 Å². The molecular formula is C20H37N5O. The van der Waals surface area contributed by atoms with Crippen molar-refractivity contribution < 1.29 is 4.79 Å². The Bertz CT molecular complexity index is 495. The van der Waals surface area contributed by atoms with Gasteiger partial charge in [0.1, 0.15) is 0 Å². The number of nitrogens with zero attached hydrogens (tertiary/aromatic N) is 2.